The molecule has 0 rings (SSSR count). The Hall–Kier alpha value is -0.620. The van der Waals surface area contributed by atoms with Crippen molar-refractivity contribution < 1.29 is 18.3 Å². The second kappa shape index (κ2) is 4.49. The van der Waals surface area contributed by atoms with Crippen LogP contribution in [0, 0.1) is 5.92 Å². The number of carboxylic acids is 1. The summed E-state index contributed by atoms with van der Waals surface area (Å²) in [7, 11) is -2.03. The molecule has 6 heteroatoms. The largest absolute Gasteiger partial charge is 0.481 e. The van der Waals surface area contributed by atoms with E-state index in [1.54, 1.807) is 20.8 Å². The highest BCUT2D eigenvalue weighted by atomic mass is 32.2. The molecule has 0 saturated heterocycles. The second-order valence-electron chi connectivity index (χ2n) is 4.64. The fourth-order valence-electron chi connectivity index (χ4n) is 1.03. The number of carbonyl (C=O) groups is 1. The predicted molar refractivity (Wildman–Crippen MR) is 58.1 cm³/mol. The number of aliphatic carboxylic acids is 1. The molecule has 0 aliphatic carbocycles. The number of hydrogen-bond acceptors (Lipinski definition) is 3. The van der Waals surface area contributed by atoms with Gasteiger partial charge in [-0.05, 0) is 20.8 Å². The summed E-state index contributed by atoms with van der Waals surface area (Å²) < 4.78 is 23.9. The average molecular weight is 237 g/mol. The van der Waals surface area contributed by atoms with Crippen LogP contribution in [-0.4, -0.2) is 42.1 Å². The summed E-state index contributed by atoms with van der Waals surface area (Å²) in [5.41, 5.74) is 0. The third-order valence-electron chi connectivity index (χ3n) is 2.14. The summed E-state index contributed by atoms with van der Waals surface area (Å²) in [6.45, 7) is 6.24. The highest BCUT2D eigenvalue weighted by molar-refractivity contribution is 7.90. The Balaban J connectivity index is 4.75. The summed E-state index contributed by atoms with van der Waals surface area (Å²) in [6, 6.07) is 0. The van der Waals surface area contributed by atoms with Crippen LogP contribution in [-0.2, 0) is 14.8 Å². The number of rotatable bonds is 4. The minimum Gasteiger partial charge on any atom is -0.481 e. The first kappa shape index (κ1) is 14.4. The van der Waals surface area contributed by atoms with Gasteiger partial charge in [-0.25, -0.2) is 12.7 Å². The molecule has 0 fully saturated rings. The fraction of sp³-hybridized carbons (Fsp3) is 0.889. The van der Waals surface area contributed by atoms with Crippen LogP contribution in [0.2, 0.25) is 0 Å². The Morgan fingerprint density at radius 3 is 2.07 bits per heavy atom. The molecule has 1 unspecified atom stereocenters. The van der Waals surface area contributed by atoms with Gasteiger partial charge in [0.15, 0.2) is 0 Å². The Morgan fingerprint density at radius 2 is 1.80 bits per heavy atom. The van der Waals surface area contributed by atoms with Crippen LogP contribution in [0.1, 0.15) is 27.7 Å². The van der Waals surface area contributed by atoms with Crippen molar-refractivity contribution in [1.82, 2.24) is 4.31 Å². The minimum absolute atomic E-state index is 0.00502. The van der Waals surface area contributed by atoms with Gasteiger partial charge >= 0.3 is 5.97 Å². The Morgan fingerprint density at radius 1 is 1.40 bits per heavy atom. The van der Waals surface area contributed by atoms with E-state index in [4.69, 9.17) is 5.11 Å². The smallest absolute Gasteiger partial charge is 0.307 e. The molecule has 0 aromatic carbocycles. The highest BCUT2D eigenvalue weighted by Gasteiger charge is 2.34. The molecule has 0 heterocycles. The zero-order valence-corrected chi connectivity index (χ0v) is 10.6. The normalized spacial score (nSPS) is 15.3. The van der Waals surface area contributed by atoms with Crippen LogP contribution in [0.15, 0.2) is 0 Å². The van der Waals surface area contributed by atoms with Crippen LogP contribution in [0.3, 0.4) is 0 Å². The van der Waals surface area contributed by atoms with Crippen LogP contribution in [0.4, 0.5) is 0 Å². The molecule has 0 bridgehead atoms. The Labute approximate surface area is 91.1 Å². The molecule has 0 aromatic heterocycles. The first-order valence-corrected chi connectivity index (χ1v) is 6.13. The van der Waals surface area contributed by atoms with Crippen LogP contribution >= 0.6 is 0 Å². The number of sulfonamides is 1. The third kappa shape index (κ3) is 3.46. The molecule has 90 valence electrons. The van der Waals surface area contributed by atoms with Crippen molar-refractivity contribution in [3.05, 3.63) is 0 Å². The van der Waals surface area contributed by atoms with E-state index in [2.05, 4.69) is 0 Å². The van der Waals surface area contributed by atoms with E-state index in [1.165, 1.54) is 14.0 Å². The Kier molecular flexibility index (Phi) is 4.30. The lowest BCUT2D eigenvalue weighted by Gasteiger charge is -2.27. The first-order chi connectivity index (χ1) is 6.50. The first-order valence-electron chi connectivity index (χ1n) is 4.69. The minimum atomic E-state index is -3.44. The van der Waals surface area contributed by atoms with Gasteiger partial charge in [0.25, 0.3) is 0 Å². The highest BCUT2D eigenvalue weighted by Crippen LogP contribution is 2.19. The van der Waals surface area contributed by atoms with Crippen molar-refractivity contribution in [3.8, 4) is 0 Å². The van der Waals surface area contributed by atoms with E-state index in [-0.39, 0.29) is 6.54 Å². The van der Waals surface area contributed by atoms with Crippen LogP contribution in [0.25, 0.3) is 0 Å². The van der Waals surface area contributed by atoms with Gasteiger partial charge in [-0.1, -0.05) is 6.92 Å². The quantitative estimate of drug-likeness (QED) is 0.783. The maximum atomic E-state index is 11.8. The lowest BCUT2D eigenvalue weighted by atomic mass is 10.2. The van der Waals surface area contributed by atoms with Crippen molar-refractivity contribution in [2.75, 3.05) is 13.6 Å². The van der Waals surface area contributed by atoms with E-state index < -0.39 is 26.7 Å². The van der Waals surface area contributed by atoms with E-state index in [1.807, 2.05) is 0 Å². The molecule has 0 saturated carbocycles. The molecule has 0 amide bonds. The molecular weight excluding hydrogens is 218 g/mol. The summed E-state index contributed by atoms with van der Waals surface area (Å²) >= 11 is 0. The standard InChI is InChI=1S/C9H19NO4S/c1-7(8(11)12)6-10(5)15(13,14)9(2,3)4/h7H,6H2,1-5H3,(H,11,12). The number of carboxylic acid groups (broad SMARTS) is 1. The summed E-state index contributed by atoms with van der Waals surface area (Å²) in [6.07, 6.45) is 0. The monoisotopic (exact) mass is 237 g/mol. The molecule has 5 nitrogen and oxygen atoms in total. The number of hydrogen-bond donors (Lipinski definition) is 1. The summed E-state index contributed by atoms with van der Waals surface area (Å²) in [5.74, 6) is -1.70. The SMILES string of the molecule is CC(CN(C)S(=O)(=O)C(C)(C)C)C(=O)O. The van der Waals surface area contributed by atoms with Gasteiger partial charge in [-0.15, -0.1) is 0 Å². The van der Waals surface area contributed by atoms with Gasteiger partial charge in [-0.2, -0.15) is 0 Å². The van der Waals surface area contributed by atoms with Gasteiger partial charge in [0, 0.05) is 13.6 Å². The van der Waals surface area contributed by atoms with Gasteiger partial charge < -0.3 is 5.11 Å². The molecule has 0 aromatic rings. The fourth-order valence-corrected chi connectivity index (χ4v) is 2.38. The van der Waals surface area contributed by atoms with E-state index >= 15 is 0 Å². The second-order valence-corrected chi connectivity index (χ2v) is 7.44. The summed E-state index contributed by atoms with van der Waals surface area (Å²) in [5, 5.41) is 8.68. The molecule has 0 radical (unpaired) electrons. The maximum absolute atomic E-state index is 11.8. The maximum Gasteiger partial charge on any atom is 0.307 e. The third-order valence-corrected chi connectivity index (χ3v) is 4.65. The molecule has 0 aliphatic heterocycles. The molecule has 0 aliphatic rings. The van der Waals surface area contributed by atoms with E-state index in [0.29, 0.717) is 0 Å². The predicted octanol–water partition coefficient (Wildman–Crippen LogP) is 0.767. The lowest BCUT2D eigenvalue weighted by molar-refractivity contribution is -0.141. The number of nitrogens with zero attached hydrogens (tertiary/aromatic N) is 1. The van der Waals surface area contributed by atoms with Crippen LogP contribution < -0.4 is 0 Å². The Bertz CT molecular complexity index is 329. The summed E-state index contributed by atoms with van der Waals surface area (Å²) in [4.78, 5) is 10.6. The lowest BCUT2D eigenvalue weighted by Crippen LogP contribution is -2.43. The van der Waals surface area contributed by atoms with Gasteiger partial charge in [0.1, 0.15) is 0 Å². The van der Waals surface area contributed by atoms with Gasteiger partial charge in [0.05, 0.1) is 10.7 Å². The van der Waals surface area contributed by atoms with E-state index in [9.17, 15) is 13.2 Å². The molecule has 1 atom stereocenters. The molecule has 15 heavy (non-hydrogen) atoms. The van der Waals surface area contributed by atoms with Crippen molar-refractivity contribution in [2.45, 2.75) is 32.4 Å². The van der Waals surface area contributed by atoms with Gasteiger partial charge in [-0.3, -0.25) is 4.79 Å². The van der Waals surface area contributed by atoms with Crippen molar-refractivity contribution in [1.29, 1.82) is 0 Å². The zero-order chi connectivity index (χ0) is 12.4. The molecular formula is C9H19NO4S. The van der Waals surface area contributed by atoms with Crippen molar-refractivity contribution in [2.24, 2.45) is 5.92 Å². The molecule has 1 N–H and O–H groups in total. The average Bonchev–Trinajstić information content (AvgIpc) is 2.01. The molecule has 0 spiro atoms. The van der Waals surface area contributed by atoms with E-state index in [0.717, 1.165) is 4.31 Å². The van der Waals surface area contributed by atoms with Crippen molar-refractivity contribution >= 4 is 16.0 Å². The topological polar surface area (TPSA) is 74.7 Å². The van der Waals surface area contributed by atoms with Crippen LogP contribution in [0.5, 0.6) is 0 Å². The van der Waals surface area contributed by atoms with Gasteiger partial charge in [0.2, 0.25) is 10.0 Å². The van der Waals surface area contributed by atoms with Crippen molar-refractivity contribution in [3.63, 3.8) is 0 Å². The zero-order valence-electron chi connectivity index (χ0n) is 9.81.